The summed E-state index contributed by atoms with van der Waals surface area (Å²) >= 11 is 3.33. The van der Waals surface area contributed by atoms with Gasteiger partial charge < -0.3 is 14.8 Å². The van der Waals surface area contributed by atoms with E-state index in [2.05, 4.69) is 21.2 Å². The molecule has 1 amide bonds. The van der Waals surface area contributed by atoms with Gasteiger partial charge in [0, 0.05) is 11.0 Å². The number of benzene rings is 2. The van der Waals surface area contributed by atoms with Crippen LogP contribution in [-0.4, -0.2) is 24.8 Å². The SMILES string of the molecule is COC(=O)c1cc(Br)ccc1-c1ccc(F)cc1CNC(=O)OC(C)(C)C. The van der Waals surface area contributed by atoms with Gasteiger partial charge in [-0.25, -0.2) is 14.0 Å². The molecule has 0 saturated heterocycles. The van der Waals surface area contributed by atoms with Gasteiger partial charge in [0.2, 0.25) is 0 Å². The summed E-state index contributed by atoms with van der Waals surface area (Å²) < 4.78 is 24.6. The van der Waals surface area contributed by atoms with Crippen molar-refractivity contribution in [2.75, 3.05) is 7.11 Å². The Kier molecular flexibility index (Phi) is 6.59. The van der Waals surface area contributed by atoms with Crippen molar-refractivity contribution in [3.63, 3.8) is 0 Å². The third-order valence-electron chi connectivity index (χ3n) is 3.57. The normalized spacial score (nSPS) is 11.0. The molecule has 2 aromatic carbocycles. The number of halogens is 2. The van der Waals surface area contributed by atoms with Gasteiger partial charge in [0.1, 0.15) is 11.4 Å². The molecule has 0 aromatic heterocycles. The Morgan fingerprint density at radius 2 is 1.78 bits per heavy atom. The molecule has 0 radical (unpaired) electrons. The molecule has 0 heterocycles. The fraction of sp³-hybridized carbons (Fsp3) is 0.300. The molecule has 27 heavy (non-hydrogen) atoms. The van der Waals surface area contributed by atoms with Crippen LogP contribution in [-0.2, 0) is 16.0 Å². The number of esters is 1. The molecule has 144 valence electrons. The second kappa shape index (κ2) is 8.52. The van der Waals surface area contributed by atoms with Gasteiger partial charge >= 0.3 is 12.1 Å². The van der Waals surface area contributed by atoms with Gasteiger partial charge in [0.05, 0.1) is 12.7 Å². The van der Waals surface area contributed by atoms with Crippen LogP contribution < -0.4 is 5.32 Å². The molecule has 0 aliphatic rings. The fourth-order valence-electron chi connectivity index (χ4n) is 2.48. The predicted octanol–water partition coefficient (Wildman–Crippen LogP) is 5.07. The van der Waals surface area contributed by atoms with Gasteiger partial charge in [-0.3, -0.25) is 0 Å². The smallest absolute Gasteiger partial charge is 0.407 e. The quantitative estimate of drug-likeness (QED) is 0.678. The Hall–Kier alpha value is -2.41. The number of carbonyl (C=O) groups is 2. The number of alkyl carbamates (subject to hydrolysis) is 1. The summed E-state index contributed by atoms with van der Waals surface area (Å²) in [4.78, 5) is 24.1. The van der Waals surface area contributed by atoms with Crippen molar-refractivity contribution >= 4 is 28.0 Å². The van der Waals surface area contributed by atoms with E-state index in [0.717, 1.165) is 0 Å². The summed E-state index contributed by atoms with van der Waals surface area (Å²) in [7, 11) is 1.29. The monoisotopic (exact) mass is 437 g/mol. The van der Waals surface area contributed by atoms with Crippen LogP contribution in [0.3, 0.4) is 0 Å². The third kappa shape index (κ3) is 5.79. The first kappa shape index (κ1) is 20.9. The summed E-state index contributed by atoms with van der Waals surface area (Å²) in [6.45, 7) is 5.30. The summed E-state index contributed by atoms with van der Waals surface area (Å²) in [6.07, 6.45) is -0.610. The Morgan fingerprint density at radius 3 is 2.41 bits per heavy atom. The second-order valence-electron chi connectivity index (χ2n) is 6.84. The zero-order valence-corrected chi connectivity index (χ0v) is 17.1. The summed E-state index contributed by atoms with van der Waals surface area (Å²) in [5.74, 6) is -0.960. The summed E-state index contributed by atoms with van der Waals surface area (Å²) in [5.41, 5.74) is 1.38. The van der Waals surface area contributed by atoms with Crippen LogP contribution in [0.15, 0.2) is 40.9 Å². The highest BCUT2D eigenvalue weighted by molar-refractivity contribution is 9.10. The molecule has 2 aromatic rings. The topological polar surface area (TPSA) is 64.6 Å². The van der Waals surface area contributed by atoms with Gasteiger partial charge in [0.15, 0.2) is 0 Å². The standard InChI is InChI=1S/C20H21BrFNO4/c1-20(2,3)27-19(25)23-11-12-9-14(22)6-8-15(12)16-7-5-13(21)10-17(16)18(24)26-4/h5-10H,11H2,1-4H3,(H,23,25). The number of amides is 1. The van der Waals surface area contributed by atoms with Crippen molar-refractivity contribution in [2.24, 2.45) is 0 Å². The molecule has 0 aliphatic heterocycles. The first-order chi connectivity index (χ1) is 12.6. The van der Waals surface area contributed by atoms with Gasteiger partial charge in [0.25, 0.3) is 0 Å². The van der Waals surface area contributed by atoms with Crippen LogP contribution in [0.25, 0.3) is 11.1 Å². The molecule has 0 unspecified atom stereocenters. The lowest BCUT2D eigenvalue weighted by Crippen LogP contribution is -2.32. The number of ether oxygens (including phenoxy) is 2. The fourth-order valence-corrected chi connectivity index (χ4v) is 2.84. The molecule has 0 saturated carbocycles. The highest BCUT2D eigenvalue weighted by Gasteiger charge is 2.19. The highest BCUT2D eigenvalue weighted by Crippen LogP contribution is 2.30. The van der Waals surface area contributed by atoms with E-state index in [9.17, 15) is 14.0 Å². The van der Waals surface area contributed by atoms with Gasteiger partial charge in [-0.1, -0.05) is 28.1 Å². The Bertz CT molecular complexity index is 862. The number of methoxy groups -OCH3 is 1. The highest BCUT2D eigenvalue weighted by atomic mass is 79.9. The molecule has 0 fully saturated rings. The molecule has 1 N–H and O–H groups in total. The Labute approximate surface area is 166 Å². The summed E-state index contributed by atoms with van der Waals surface area (Å²) in [6, 6.07) is 9.33. The Balaban J connectivity index is 2.39. The Morgan fingerprint density at radius 1 is 1.11 bits per heavy atom. The van der Waals surface area contributed by atoms with Crippen LogP contribution in [0.4, 0.5) is 9.18 Å². The molecular weight excluding hydrogens is 417 g/mol. The van der Waals surface area contributed by atoms with Gasteiger partial charge in [-0.15, -0.1) is 0 Å². The lowest BCUT2D eigenvalue weighted by Gasteiger charge is -2.20. The number of carbonyl (C=O) groups excluding carboxylic acids is 2. The third-order valence-corrected chi connectivity index (χ3v) is 4.06. The maximum Gasteiger partial charge on any atom is 0.407 e. The maximum atomic E-state index is 13.8. The van der Waals surface area contributed by atoms with E-state index in [1.165, 1.54) is 19.2 Å². The molecule has 0 bridgehead atoms. The molecule has 5 nitrogen and oxygen atoms in total. The predicted molar refractivity (Wildman–Crippen MR) is 104 cm³/mol. The summed E-state index contributed by atoms with van der Waals surface area (Å²) in [5, 5.41) is 2.61. The van der Waals surface area contributed by atoms with Crippen molar-refractivity contribution in [3.8, 4) is 11.1 Å². The van der Waals surface area contributed by atoms with Crippen LogP contribution in [0.5, 0.6) is 0 Å². The van der Waals surface area contributed by atoms with E-state index < -0.39 is 23.5 Å². The van der Waals surface area contributed by atoms with Crippen LogP contribution >= 0.6 is 15.9 Å². The van der Waals surface area contributed by atoms with Crippen molar-refractivity contribution < 1.29 is 23.5 Å². The van der Waals surface area contributed by atoms with E-state index in [1.807, 2.05) is 0 Å². The molecular formula is C20H21BrFNO4. The van der Waals surface area contributed by atoms with E-state index in [0.29, 0.717) is 26.7 Å². The minimum atomic E-state index is -0.640. The first-order valence-electron chi connectivity index (χ1n) is 8.24. The molecule has 0 spiro atoms. The molecule has 7 heteroatoms. The first-order valence-corrected chi connectivity index (χ1v) is 9.03. The van der Waals surface area contributed by atoms with E-state index in [-0.39, 0.29) is 6.54 Å². The molecule has 0 aliphatic carbocycles. The van der Waals surface area contributed by atoms with E-state index >= 15 is 0 Å². The molecule has 2 rings (SSSR count). The zero-order valence-electron chi connectivity index (χ0n) is 15.6. The average molecular weight is 438 g/mol. The minimum Gasteiger partial charge on any atom is -0.465 e. The van der Waals surface area contributed by atoms with E-state index in [4.69, 9.17) is 9.47 Å². The zero-order chi connectivity index (χ0) is 20.2. The van der Waals surface area contributed by atoms with Crippen LogP contribution in [0.2, 0.25) is 0 Å². The van der Waals surface area contributed by atoms with Crippen LogP contribution in [0, 0.1) is 5.82 Å². The van der Waals surface area contributed by atoms with Gasteiger partial charge in [-0.2, -0.15) is 0 Å². The minimum absolute atomic E-state index is 0.0404. The van der Waals surface area contributed by atoms with Crippen molar-refractivity contribution in [2.45, 2.75) is 32.9 Å². The van der Waals surface area contributed by atoms with E-state index in [1.54, 1.807) is 45.0 Å². The number of nitrogens with one attached hydrogen (secondary N) is 1. The van der Waals surface area contributed by atoms with Gasteiger partial charge in [-0.05, 0) is 61.7 Å². The lowest BCUT2D eigenvalue weighted by atomic mass is 9.95. The largest absolute Gasteiger partial charge is 0.465 e. The number of hydrogen-bond donors (Lipinski definition) is 1. The van der Waals surface area contributed by atoms with Crippen molar-refractivity contribution in [3.05, 3.63) is 57.8 Å². The number of hydrogen-bond acceptors (Lipinski definition) is 4. The van der Waals surface area contributed by atoms with Crippen LogP contribution in [0.1, 0.15) is 36.7 Å². The second-order valence-corrected chi connectivity index (χ2v) is 7.75. The maximum absolute atomic E-state index is 13.8. The molecule has 0 atom stereocenters. The van der Waals surface area contributed by atoms with Crippen molar-refractivity contribution in [1.82, 2.24) is 5.32 Å². The number of rotatable bonds is 4. The lowest BCUT2D eigenvalue weighted by molar-refractivity contribution is 0.0522. The van der Waals surface area contributed by atoms with Crippen molar-refractivity contribution in [1.29, 1.82) is 0 Å². The average Bonchev–Trinajstić information content (AvgIpc) is 2.58.